The number of nitrogens with one attached hydrogen (secondary N) is 1. The second-order valence-corrected chi connectivity index (χ2v) is 4.43. The maximum Gasteiger partial charge on any atom is 0.191 e. The van der Waals surface area contributed by atoms with Crippen LogP contribution in [-0.2, 0) is 6.42 Å². The van der Waals surface area contributed by atoms with Gasteiger partial charge >= 0.3 is 0 Å². The van der Waals surface area contributed by atoms with Gasteiger partial charge in [-0.3, -0.25) is 4.79 Å². The van der Waals surface area contributed by atoms with Gasteiger partial charge in [0.25, 0.3) is 0 Å². The number of aryl methyl sites for hydroxylation is 2. The van der Waals surface area contributed by atoms with E-state index in [0.717, 1.165) is 29.6 Å². The predicted molar refractivity (Wildman–Crippen MR) is 68.3 cm³/mol. The summed E-state index contributed by atoms with van der Waals surface area (Å²) in [6.45, 7) is 4.07. The number of rotatable bonds is 2. The van der Waals surface area contributed by atoms with Crippen molar-refractivity contribution in [2.45, 2.75) is 26.7 Å². The number of pyridine rings is 1. The molecular weight excluding hydrogens is 222 g/mol. The first-order valence-electron chi connectivity index (χ1n) is 5.44. The molecule has 16 heavy (non-hydrogen) atoms. The summed E-state index contributed by atoms with van der Waals surface area (Å²) in [6.07, 6.45) is 1.90. The molecule has 3 heteroatoms. The van der Waals surface area contributed by atoms with Crippen LogP contribution in [0.15, 0.2) is 23.0 Å². The van der Waals surface area contributed by atoms with Crippen molar-refractivity contribution in [1.82, 2.24) is 4.98 Å². The van der Waals surface area contributed by atoms with Gasteiger partial charge in [-0.1, -0.05) is 31.0 Å². The van der Waals surface area contributed by atoms with Crippen LogP contribution in [0, 0.1) is 6.92 Å². The van der Waals surface area contributed by atoms with Crippen molar-refractivity contribution in [3.05, 3.63) is 44.7 Å². The molecule has 1 heterocycles. The molecular formula is C13H14ClNO. The van der Waals surface area contributed by atoms with Crippen LogP contribution in [0.2, 0.25) is 5.02 Å². The molecule has 0 aliphatic carbocycles. The summed E-state index contributed by atoms with van der Waals surface area (Å²) in [4.78, 5) is 15.2. The predicted octanol–water partition coefficient (Wildman–Crippen LogP) is 3.44. The fourth-order valence-corrected chi connectivity index (χ4v) is 2.17. The summed E-state index contributed by atoms with van der Waals surface area (Å²) in [5.74, 6) is 0. The van der Waals surface area contributed by atoms with Crippen molar-refractivity contribution in [3.8, 4) is 0 Å². The van der Waals surface area contributed by atoms with Gasteiger partial charge < -0.3 is 4.98 Å². The standard InChI is InChI=1S/C13H14ClNO/c1-3-4-9-7-11(16)12-10(14)6-5-8(2)13(12)15-9/h5-7H,3-4H2,1-2H3,(H,15,16). The molecule has 0 atom stereocenters. The number of aromatic nitrogens is 1. The first-order valence-corrected chi connectivity index (χ1v) is 5.82. The highest BCUT2D eigenvalue weighted by atomic mass is 35.5. The molecule has 0 amide bonds. The summed E-state index contributed by atoms with van der Waals surface area (Å²) in [5.41, 5.74) is 2.90. The van der Waals surface area contributed by atoms with E-state index in [1.807, 2.05) is 13.0 Å². The maximum absolute atomic E-state index is 11.9. The molecule has 0 unspecified atom stereocenters. The lowest BCUT2D eigenvalue weighted by Gasteiger charge is -2.06. The van der Waals surface area contributed by atoms with E-state index in [0.29, 0.717) is 10.4 Å². The van der Waals surface area contributed by atoms with E-state index < -0.39 is 0 Å². The summed E-state index contributed by atoms with van der Waals surface area (Å²) in [6, 6.07) is 5.35. The second kappa shape index (κ2) is 4.30. The van der Waals surface area contributed by atoms with Gasteiger partial charge in [0.1, 0.15) is 0 Å². The van der Waals surface area contributed by atoms with E-state index >= 15 is 0 Å². The van der Waals surface area contributed by atoms with Crippen LogP contribution >= 0.6 is 11.6 Å². The van der Waals surface area contributed by atoms with Crippen LogP contribution in [-0.4, -0.2) is 4.98 Å². The third-order valence-corrected chi connectivity index (χ3v) is 3.03. The summed E-state index contributed by atoms with van der Waals surface area (Å²) < 4.78 is 0. The molecule has 1 N–H and O–H groups in total. The molecule has 1 aromatic carbocycles. The normalized spacial score (nSPS) is 10.9. The Hall–Kier alpha value is -1.28. The third kappa shape index (κ3) is 1.85. The lowest BCUT2D eigenvalue weighted by Crippen LogP contribution is -2.06. The third-order valence-electron chi connectivity index (χ3n) is 2.72. The Morgan fingerprint density at radius 3 is 2.81 bits per heavy atom. The topological polar surface area (TPSA) is 32.9 Å². The van der Waals surface area contributed by atoms with Crippen molar-refractivity contribution in [3.63, 3.8) is 0 Å². The minimum absolute atomic E-state index is 0.00546. The first-order chi connectivity index (χ1) is 7.63. The smallest absolute Gasteiger partial charge is 0.191 e. The van der Waals surface area contributed by atoms with E-state index in [1.165, 1.54) is 0 Å². The van der Waals surface area contributed by atoms with Crippen LogP contribution in [0.1, 0.15) is 24.6 Å². The number of benzene rings is 1. The van der Waals surface area contributed by atoms with Crippen molar-refractivity contribution >= 4 is 22.5 Å². The lowest BCUT2D eigenvalue weighted by atomic mass is 10.1. The molecule has 0 saturated heterocycles. The molecule has 0 spiro atoms. The highest BCUT2D eigenvalue weighted by molar-refractivity contribution is 6.35. The van der Waals surface area contributed by atoms with E-state index in [1.54, 1.807) is 12.1 Å². The lowest BCUT2D eigenvalue weighted by molar-refractivity contribution is 0.887. The molecule has 2 nitrogen and oxygen atoms in total. The summed E-state index contributed by atoms with van der Waals surface area (Å²) in [7, 11) is 0. The van der Waals surface area contributed by atoms with Crippen molar-refractivity contribution in [2.24, 2.45) is 0 Å². The Kier molecular flexibility index (Phi) is 3.01. The number of halogens is 1. The van der Waals surface area contributed by atoms with Crippen LogP contribution in [0.5, 0.6) is 0 Å². The zero-order valence-electron chi connectivity index (χ0n) is 9.43. The monoisotopic (exact) mass is 235 g/mol. The van der Waals surface area contributed by atoms with Gasteiger partial charge in [0, 0.05) is 11.8 Å². The highest BCUT2D eigenvalue weighted by Gasteiger charge is 2.07. The van der Waals surface area contributed by atoms with Crippen molar-refractivity contribution in [1.29, 1.82) is 0 Å². The SMILES string of the molecule is CCCc1cc(=O)c2c(Cl)ccc(C)c2[nH]1. The van der Waals surface area contributed by atoms with Crippen LogP contribution < -0.4 is 5.43 Å². The number of H-pyrrole nitrogens is 1. The zero-order valence-corrected chi connectivity index (χ0v) is 10.2. The van der Waals surface area contributed by atoms with E-state index in [4.69, 9.17) is 11.6 Å². The first kappa shape index (κ1) is 11.2. The fourth-order valence-electron chi connectivity index (χ4n) is 1.91. The van der Waals surface area contributed by atoms with Crippen molar-refractivity contribution < 1.29 is 0 Å². The summed E-state index contributed by atoms with van der Waals surface area (Å²) >= 11 is 6.04. The van der Waals surface area contributed by atoms with E-state index in [-0.39, 0.29) is 5.43 Å². The Morgan fingerprint density at radius 2 is 2.12 bits per heavy atom. The molecule has 2 aromatic rings. The molecule has 0 bridgehead atoms. The quantitative estimate of drug-likeness (QED) is 0.850. The molecule has 0 fully saturated rings. The van der Waals surface area contributed by atoms with Gasteiger partial charge in [-0.25, -0.2) is 0 Å². The second-order valence-electron chi connectivity index (χ2n) is 4.02. The number of hydrogen-bond acceptors (Lipinski definition) is 1. The van der Waals surface area contributed by atoms with Gasteiger partial charge in [-0.05, 0) is 25.0 Å². The van der Waals surface area contributed by atoms with E-state index in [2.05, 4.69) is 11.9 Å². The summed E-state index contributed by atoms with van der Waals surface area (Å²) in [5, 5.41) is 1.12. The number of hydrogen-bond donors (Lipinski definition) is 1. The largest absolute Gasteiger partial charge is 0.358 e. The average molecular weight is 236 g/mol. The Labute approximate surface area is 99.3 Å². The Balaban J connectivity index is 2.81. The Morgan fingerprint density at radius 1 is 1.38 bits per heavy atom. The number of fused-ring (bicyclic) bond motifs is 1. The molecule has 1 aromatic heterocycles. The molecule has 0 saturated carbocycles. The average Bonchev–Trinajstić information content (AvgIpc) is 2.23. The van der Waals surface area contributed by atoms with Gasteiger partial charge in [0.05, 0.1) is 15.9 Å². The molecule has 2 rings (SSSR count). The van der Waals surface area contributed by atoms with E-state index in [9.17, 15) is 4.79 Å². The van der Waals surface area contributed by atoms with Gasteiger partial charge in [-0.2, -0.15) is 0 Å². The minimum Gasteiger partial charge on any atom is -0.358 e. The highest BCUT2D eigenvalue weighted by Crippen LogP contribution is 2.22. The molecule has 0 aliphatic rings. The molecule has 84 valence electrons. The minimum atomic E-state index is 0.00546. The van der Waals surface area contributed by atoms with Gasteiger partial charge in [0.2, 0.25) is 0 Å². The van der Waals surface area contributed by atoms with Gasteiger partial charge in [-0.15, -0.1) is 0 Å². The van der Waals surface area contributed by atoms with Gasteiger partial charge in [0.15, 0.2) is 5.43 Å². The number of aromatic amines is 1. The van der Waals surface area contributed by atoms with Crippen LogP contribution in [0.4, 0.5) is 0 Å². The maximum atomic E-state index is 11.9. The molecule has 0 aliphatic heterocycles. The van der Waals surface area contributed by atoms with Crippen LogP contribution in [0.25, 0.3) is 10.9 Å². The fraction of sp³-hybridized carbons (Fsp3) is 0.308. The van der Waals surface area contributed by atoms with Crippen molar-refractivity contribution in [2.75, 3.05) is 0 Å². The zero-order chi connectivity index (χ0) is 11.7. The Bertz CT molecular complexity index is 586. The molecule has 0 radical (unpaired) electrons. The van der Waals surface area contributed by atoms with Crippen LogP contribution in [0.3, 0.4) is 0 Å².